The molecule has 0 radical (unpaired) electrons. The van der Waals surface area contributed by atoms with Crippen LogP contribution in [0.1, 0.15) is 35.1 Å². The number of ketones is 2. The van der Waals surface area contributed by atoms with Gasteiger partial charge in [-0.1, -0.05) is 24.6 Å². The van der Waals surface area contributed by atoms with E-state index in [0.29, 0.717) is 0 Å². The molecule has 9 N–H and O–H groups in total. The molecule has 0 saturated heterocycles. The molecule has 0 aliphatic heterocycles. The Morgan fingerprint density at radius 1 is 1.02 bits per heavy atom. The number of phenols is 1. The topological polar surface area (TPSA) is 223 Å². The van der Waals surface area contributed by atoms with Gasteiger partial charge in [-0.3, -0.25) is 19.3 Å². The van der Waals surface area contributed by atoms with E-state index in [9.17, 15) is 57.9 Å². The van der Waals surface area contributed by atoms with Crippen LogP contribution in [-0.4, -0.2) is 85.8 Å². The number of nitrogens with zero attached hydrogens (tertiary/aromatic N) is 1. The second-order valence-electron chi connectivity index (χ2n) is 12.1. The zero-order valence-corrected chi connectivity index (χ0v) is 25.3. The van der Waals surface area contributed by atoms with Gasteiger partial charge in [-0.2, -0.15) is 13.2 Å². The monoisotopic (exact) mass is 660 g/mol. The number of rotatable bonds is 4. The SMILES string of the molecule is Cc1ccc(NC(=O)Nc2ccc3c(c2O)C(O)=C2C(=O)[C@]4(O)C(O)=C(C(N)=O)C(=O)[C@@H](N(C)C)[C@@H]4[C@@H](O)[C@@H]2[C@H]3C)c(C(F)(F)F)c1. The van der Waals surface area contributed by atoms with Crippen LogP contribution in [0.5, 0.6) is 5.75 Å². The lowest BCUT2D eigenvalue weighted by molar-refractivity contribution is -0.169. The number of nitrogens with two attached hydrogens (primary N) is 1. The first-order chi connectivity index (χ1) is 21.7. The number of halogens is 3. The van der Waals surface area contributed by atoms with Crippen molar-refractivity contribution in [1.29, 1.82) is 0 Å². The van der Waals surface area contributed by atoms with Crippen LogP contribution in [0.15, 0.2) is 47.2 Å². The number of urea groups is 1. The van der Waals surface area contributed by atoms with Crippen LogP contribution in [0, 0.1) is 18.8 Å². The number of fused-ring (bicyclic) bond motifs is 3. The summed E-state index contributed by atoms with van der Waals surface area (Å²) in [6.45, 7) is 2.96. The van der Waals surface area contributed by atoms with Crippen LogP contribution in [0.3, 0.4) is 0 Å². The average Bonchev–Trinajstić information content (AvgIpc) is 2.96. The number of primary amides is 1. The molecule has 0 heterocycles. The van der Waals surface area contributed by atoms with Crippen molar-refractivity contribution in [2.75, 3.05) is 24.7 Å². The van der Waals surface area contributed by atoms with Gasteiger partial charge in [-0.15, -0.1) is 0 Å². The molecule has 250 valence electrons. The molecule has 16 heteroatoms. The fourth-order valence-corrected chi connectivity index (χ4v) is 6.99. The van der Waals surface area contributed by atoms with Crippen molar-refractivity contribution >= 4 is 40.6 Å². The number of aliphatic hydroxyl groups is 4. The summed E-state index contributed by atoms with van der Waals surface area (Å²) < 4.78 is 40.7. The number of phenolic OH excluding ortho intramolecular Hbond substituents is 1. The molecule has 6 atom stereocenters. The van der Waals surface area contributed by atoms with Crippen LogP contribution >= 0.6 is 0 Å². The van der Waals surface area contributed by atoms with E-state index in [-0.39, 0.29) is 11.1 Å². The first-order valence-electron chi connectivity index (χ1n) is 14.2. The molecule has 5 rings (SSSR count). The Kier molecular flexibility index (Phi) is 7.90. The van der Waals surface area contributed by atoms with Gasteiger partial charge < -0.3 is 41.9 Å². The Labute approximate surface area is 264 Å². The summed E-state index contributed by atoms with van der Waals surface area (Å²) in [5.41, 5.74) is -1.56. The third-order valence-corrected chi connectivity index (χ3v) is 9.11. The van der Waals surface area contributed by atoms with E-state index in [0.717, 1.165) is 12.1 Å². The largest absolute Gasteiger partial charge is 0.508 e. The second-order valence-corrected chi connectivity index (χ2v) is 12.1. The van der Waals surface area contributed by atoms with Gasteiger partial charge in [-0.25, -0.2) is 4.79 Å². The third kappa shape index (κ3) is 4.90. The molecular weight excluding hydrogens is 629 g/mol. The Balaban J connectivity index is 1.60. The lowest BCUT2D eigenvalue weighted by atomic mass is 9.54. The third-order valence-electron chi connectivity index (χ3n) is 9.11. The van der Waals surface area contributed by atoms with E-state index in [1.54, 1.807) is 0 Å². The molecule has 1 saturated carbocycles. The fraction of sp³-hybridized carbons (Fsp3) is 0.355. The Bertz CT molecular complexity index is 1820. The zero-order chi connectivity index (χ0) is 35.1. The summed E-state index contributed by atoms with van der Waals surface area (Å²) in [5.74, 6) is -11.0. The number of aromatic hydroxyl groups is 1. The van der Waals surface area contributed by atoms with Gasteiger partial charge in [0.1, 0.15) is 22.8 Å². The van der Waals surface area contributed by atoms with Crippen molar-refractivity contribution in [3.63, 3.8) is 0 Å². The normalized spacial score (nSPS) is 27.3. The number of Topliss-reactive ketones (excluding diaryl/α,β-unsaturated/α-hetero) is 2. The Morgan fingerprint density at radius 2 is 1.62 bits per heavy atom. The summed E-state index contributed by atoms with van der Waals surface area (Å²) in [5, 5.41) is 61.3. The number of carbonyl (C=O) groups is 4. The van der Waals surface area contributed by atoms with E-state index in [1.165, 1.54) is 51.0 Å². The Hall–Kier alpha value is -4.93. The zero-order valence-electron chi connectivity index (χ0n) is 25.3. The van der Waals surface area contributed by atoms with Gasteiger partial charge in [0.2, 0.25) is 5.78 Å². The molecule has 3 aliphatic carbocycles. The first kappa shape index (κ1) is 33.4. The van der Waals surface area contributed by atoms with E-state index < -0.39 is 116 Å². The number of amides is 3. The van der Waals surface area contributed by atoms with E-state index >= 15 is 0 Å². The summed E-state index contributed by atoms with van der Waals surface area (Å²) in [6.07, 6.45) is -6.60. The molecule has 47 heavy (non-hydrogen) atoms. The van der Waals surface area contributed by atoms with Gasteiger partial charge in [0.05, 0.1) is 40.6 Å². The quantitative estimate of drug-likeness (QED) is 0.177. The summed E-state index contributed by atoms with van der Waals surface area (Å²) in [7, 11) is 2.77. The molecule has 2 aromatic carbocycles. The van der Waals surface area contributed by atoms with E-state index in [4.69, 9.17) is 5.73 Å². The number of hydrogen-bond donors (Lipinski definition) is 8. The van der Waals surface area contributed by atoms with Crippen molar-refractivity contribution in [3.8, 4) is 5.75 Å². The maximum atomic E-state index is 14.1. The smallest absolute Gasteiger partial charge is 0.418 e. The van der Waals surface area contributed by atoms with Gasteiger partial charge in [0, 0.05) is 11.5 Å². The maximum Gasteiger partial charge on any atom is 0.418 e. The van der Waals surface area contributed by atoms with Crippen molar-refractivity contribution < 1.29 is 57.9 Å². The minimum absolute atomic E-state index is 0.163. The number of aryl methyl sites for hydroxylation is 1. The minimum atomic E-state index is -4.80. The van der Waals surface area contributed by atoms with Gasteiger partial charge in [0.15, 0.2) is 11.4 Å². The molecule has 0 bridgehead atoms. The van der Waals surface area contributed by atoms with Crippen molar-refractivity contribution in [2.24, 2.45) is 17.6 Å². The summed E-state index contributed by atoms with van der Waals surface area (Å²) in [4.78, 5) is 53.5. The molecule has 3 amide bonds. The van der Waals surface area contributed by atoms with Crippen molar-refractivity contribution in [1.82, 2.24) is 4.90 Å². The molecule has 1 fully saturated rings. The first-order valence-corrected chi connectivity index (χ1v) is 14.2. The predicted octanol–water partition coefficient (Wildman–Crippen LogP) is 2.47. The van der Waals surface area contributed by atoms with E-state index in [1.807, 2.05) is 0 Å². The number of nitrogens with one attached hydrogen (secondary N) is 2. The van der Waals surface area contributed by atoms with Crippen LogP contribution < -0.4 is 16.4 Å². The van der Waals surface area contributed by atoms with Crippen molar-refractivity contribution in [3.05, 3.63) is 69.5 Å². The molecular formula is C31H31F3N4O9. The van der Waals surface area contributed by atoms with Gasteiger partial charge >= 0.3 is 12.2 Å². The van der Waals surface area contributed by atoms with Crippen LogP contribution in [0.25, 0.3) is 5.76 Å². The average molecular weight is 661 g/mol. The summed E-state index contributed by atoms with van der Waals surface area (Å²) in [6, 6.07) is 3.05. The molecule has 3 aliphatic rings. The number of alkyl halides is 3. The van der Waals surface area contributed by atoms with Gasteiger partial charge in [-0.05, 0) is 50.7 Å². The van der Waals surface area contributed by atoms with Crippen LogP contribution in [0.2, 0.25) is 0 Å². The predicted molar refractivity (Wildman–Crippen MR) is 159 cm³/mol. The highest BCUT2D eigenvalue weighted by Crippen LogP contribution is 2.56. The molecule has 0 spiro atoms. The molecule has 0 unspecified atom stereocenters. The van der Waals surface area contributed by atoms with Gasteiger partial charge in [0.25, 0.3) is 5.91 Å². The fourth-order valence-electron chi connectivity index (χ4n) is 6.99. The highest BCUT2D eigenvalue weighted by molar-refractivity contribution is 6.24. The maximum absolute atomic E-state index is 14.1. The molecule has 2 aromatic rings. The second kappa shape index (κ2) is 11.1. The number of hydrogen-bond acceptors (Lipinski definition) is 10. The van der Waals surface area contributed by atoms with Crippen LogP contribution in [0.4, 0.5) is 29.3 Å². The number of benzene rings is 2. The van der Waals surface area contributed by atoms with Crippen LogP contribution in [-0.2, 0) is 20.6 Å². The summed E-state index contributed by atoms with van der Waals surface area (Å²) >= 11 is 0. The highest BCUT2D eigenvalue weighted by Gasteiger charge is 2.68. The van der Waals surface area contributed by atoms with E-state index in [2.05, 4.69) is 10.6 Å². The number of carbonyl (C=O) groups excluding carboxylic acids is 4. The highest BCUT2D eigenvalue weighted by atomic mass is 19.4. The number of aliphatic hydroxyl groups excluding tert-OH is 3. The number of likely N-dealkylation sites (N-methyl/N-ethyl adjacent to an activating group) is 1. The molecule has 13 nitrogen and oxygen atoms in total. The standard InChI is InChI=1S/C31H31F3N4O9/c1-10-5-7-14(13(9-10)31(32,33)34)36-29(46)37-15-8-6-12-11(2)16-18(23(40)17(12)22(15)39)26(43)30(47)20(24(16)41)21(38(3)4)25(42)19(27(30)44)28(35)45/h5-9,11,16,20-21,24,39-41,44,47H,1-4H3,(H2,35,45)(H2,36,37,46)/t11-,16+,20+,21-,24-,30-/m0/s1. The molecule has 0 aromatic heterocycles. The van der Waals surface area contributed by atoms with Crippen molar-refractivity contribution in [2.45, 2.75) is 43.7 Å². The Morgan fingerprint density at radius 3 is 2.19 bits per heavy atom. The minimum Gasteiger partial charge on any atom is -0.508 e. The number of anilines is 2. The lowest BCUT2D eigenvalue weighted by Crippen LogP contribution is -2.70. The lowest BCUT2D eigenvalue weighted by Gasteiger charge is -2.53.